The van der Waals surface area contributed by atoms with Crippen molar-refractivity contribution in [2.45, 2.75) is 69.1 Å². The number of aliphatic carboxylic acids is 2. The fourth-order valence-corrected chi connectivity index (χ4v) is 4.22. The molecule has 0 spiro atoms. The number of carboxylic acid groups (broad SMARTS) is 2. The van der Waals surface area contributed by atoms with E-state index < -0.39 is 48.4 Å². The molecule has 0 aromatic heterocycles. The number of nitrogens with one attached hydrogen (secondary N) is 3. The van der Waals surface area contributed by atoms with Crippen LogP contribution in [0.2, 0.25) is 0 Å². The van der Waals surface area contributed by atoms with Crippen LogP contribution in [0.4, 0.5) is 0 Å². The van der Waals surface area contributed by atoms with Gasteiger partial charge in [0.2, 0.25) is 17.4 Å². The molecule has 1 radical (unpaired) electrons. The Hall–Kier alpha value is -4.72. The zero-order valence-electron chi connectivity index (χ0n) is 23.4. The van der Waals surface area contributed by atoms with Gasteiger partial charge in [0.05, 0.1) is 24.3 Å². The minimum absolute atomic E-state index is 0.0427. The van der Waals surface area contributed by atoms with Crippen molar-refractivity contribution in [3.8, 4) is 0 Å². The second kappa shape index (κ2) is 16.7. The average molecular weight is 609 g/mol. The Morgan fingerprint density at radius 2 is 1.70 bits per heavy atom. The smallest absolute Gasteiger partial charge is 0.437 e. The fourth-order valence-electron chi connectivity index (χ4n) is 4.22. The Kier molecular flexibility index (Phi) is 13.4. The summed E-state index contributed by atoms with van der Waals surface area (Å²) in [6.45, 7) is 1.38. The molecule has 0 saturated heterocycles. The lowest BCUT2D eigenvalue weighted by Crippen LogP contribution is -2.51. The van der Waals surface area contributed by atoms with E-state index in [2.05, 4.69) is 30.7 Å². The Morgan fingerprint density at radius 1 is 1.05 bits per heavy atom. The number of carbonyl (C=O) groups is 3. The van der Waals surface area contributed by atoms with E-state index in [0.29, 0.717) is 0 Å². The number of nitrogens with two attached hydrogens (primary N) is 4. The molecule has 2 heterocycles. The van der Waals surface area contributed by atoms with E-state index in [0.717, 1.165) is 7.55 Å². The molecule has 43 heavy (non-hydrogen) atoms. The zero-order valence-corrected chi connectivity index (χ0v) is 23.4. The Morgan fingerprint density at radius 3 is 2.30 bits per heavy atom. The van der Waals surface area contributed by atoms with Gasteiger partial charge in [0.25, 0.3) is 0 Å². The number of nitrogens with zero attached hydrogens (tertiary/aromatic N) is 3. The second-order valence-electron chi connectivity index (χ2n) is 9.63. The molecular formula is C23H38BN10O9. The molecular weight excluding hydrogens is 571 g/mol. The number of guanidine groups is 3. The molecule has 2 aliphatic rings. The molecule has 1 amide bonds. The molecule has 0 bridgehead atoms. The number of hydrogen-bond donors (Lipinski definition) is 11. The van der Waals surface area contributed by atoms with Crippen molar-refractivity contribution >= 4 is 43.3 Å². The Balaban J connectivity index is 1.76. The van der Waals surface area contributed by atoms with Crippen molar-refractivity contribution in [2.24, 2.45) is 37.7 Å². The Bertz CT molecular complexity index is 1160. The third kappa shape index (κ3) is 12.4. The van der Waals surface area contributed by atoms with Crippen LogP contribution in [0.15, 0.2) is 38.5 Å². The zero-order chi connectivity index (χ0) is 32.1. The van der Waals surface area contributed by atoms with Gasteiger partial charge in [-0.15, -0.1) is 0 Å². The molecule has 0 aromatic rings. The third-order valence-electron chi connectivity index (χ3n) is 6.06. The van der Waals surface area contributed by atoms with Crippen molar-refractivity contribution < 1.29 is 44.3 Å². The molecule has 0 fully saturated rings. The van der Waals surface area contributed by atoms with Crippen molar-refractivity contribution in [1.82, 2.24) is 16.0 Å². The van der Waals surface area contributed by atoms with E-state index >= 15 is 0 Å². The van der Waals surface area contributed by atoms with Gasteiger partial charge >= 0.3 is 19.5 Å². The lowest BCUT2D eigenvalue weighted by atomic mass is 9.97. The van der Waals surface area contributed by atoms with Gasteiger partial charge in [-0.1, -0.05) is 0 Å². The number of aliphatic hydroxyl groups is 2. The predicted molar refractivity (Wildman–Crippen MR) is 154 cm³/mol. The number of rotatable bonds is 14. The summed E-state index contributed by atoms with van der Waals surface area (Å²) in [4.78, 5) is 45.7. The second-order valence-corrected chi connectivity index (χ2v) is 9.63. The van der Waals surface area contributed by atoms with Crippen LogP contribution >= 0.6 is 0 Å². The predicted octanol–water partition coefficient (Wildman–Crippen LogP) is -4.51. The maximum atomic E-state index is 11.5. The first-order chi connectivity index (χ1) is 20.2. The van der Waals surface area contributed by atoms with E-state index in [-0.39, 0.29) is 74.1 Å². The highest BCUT2D eigenvalue weighted by molar-refractivity contribution is 6.36. The van der Waals surface area contributed by atoms with Crippen molar-refractivity contribution in [2.75, 3.05) is 13.1 Å². The van der Waals surface area contributed by atoms with Crippen LogP contribution in [0.5, 0.6) is 0 Å². The molecule has 2 aliphatic heterocycles. The van der Waals surface area contributed by atoms with Gasteiger partial charge in [-0.2, -0.15) is 0 Å². The molecule has 237 valence electrons. The molecule has 2 rings (SSSR count). The number of hydrogen-bond acceptors (Lipinski definition) is 10. The summed E-state index contributed by atoms with van der Waals surface area (Å²) in [7, 11) is 1.04. The van der Waals surface area contributed by atoms with Crippen molar-refractivity contribution in [3.05, 3.63) is 23.7 Å². The van der Waals surface area contributed by atoms with Crippen LogP contribution in [0, 0.1) is 0 Å². The monoisotopic (exact) mass is 609 g/mol. The number of amides is 1. The standard InChI is InChI=1S/C23H38BN10O9/c1-10(35)31-14-2-3-16(19(38)39)43-18(14)15(37)4-5-29-22(27)33-24-34-23(28)30-9-12(36)8-13-6-11(32-21(25)26)7-17(42-13)20(40)41/h3,7,11-15,18,36-37H,2,4-6,8-9H2,1H3,(H,31,35)(H,38,39)(H,40,41)(H4,25,26,32)(H3,27,29,33)(H3,28,30,34)/t11-,12+,13?,14-,15-,18-/m1/s1. The molecule has 19 nitrogen and oxygen atoms in total. The molecule has 20 heteroatoms. The van der Waals surface area contributed by atoms with Crippen LogP contribution in [-0.4, -0.2) is 113 Å². The van der Waals surface area contributed by atoms with E-state index in [1.807, 2.05) is 0 Å². The highest BCUT2D eigenvalue weighted by Crippen LogP contribution is 2.24. The van der Waals surface area contributed by atoms with Gasteiger partial charge in [-0.25, -0.2) is 14.6 Å². The summed E-state index contributed by atoms with van der Waals surface area (Å²) >= 11 is 0. The van der Waals surface area contributed by atoms with Crippen LogP contribution < -0.4 is 38.9 Å². The molecule has 0 aromatic carbocycles. The molecule has 1 unspecified atom stereocenters. The maximum Gasteiger partial charge on any atom is 0.437 e. The fraction of sp³-hybridized carbons (Fsp3) is 0.565. The van der Waals surface area contributed by atoms with E-state index in [4.69, 9.17) is 32.4 Å². The van der Waals surface area contributed by atoms with Gasteiger partial charge in [-0.3, -0.25) is 14.6 Å². The van der Waals surface area contributed by atoms with Crippen LogP contribution in [0.25, 0.3) is 0 Å². The first-order valence-electron chi connectivity index (χ1n) is 13.1. The van der Waals surface area contributed by atoms with Gasteiger partial charge in [0, 0.05) is 32.9 Å². The summed E-state index contributed by atoms with van der Waals surface area (Å²) in [5.74, 6) is -3.91. The maximum absolute atomic E-state index is 11.5. The van der Waals surface area contributed by atoms with E-state index in [1.54, 1.807) is 0 Å². The Labute approximate surface area is 247 Å². The summed E-state index contributed by atoms with van der Waals surface area (Å²) in [6, 6.07) is -1.23. The highest BCUT2D eigenvalue weighted by Gasteiger charge is 2.35. The summed E-state index contributed by atoms with van der Waals surface area (Å²) in [5, 5.41) is 47.4. The van der Waals surface area contributed by atoms with Crippen molar-refractivity contribution in [3.63, 3.8) is 0 Å². The third-order valence-corrected chi connectivity index (χ3v) is 6.06. The van der Waals surface area contributed by atoms with Gasteiger partial charge in [-0.05, 0) is 25.0 Å². The topological polar surface area (TPSA) is 328 Å². The lowest BCUT2D eigenvalue weighted by Gasteiger charge is -2.34. The number of carboxylic acids is 2. The minimum Gasteiger partial charge on any atom is -0.483 e. The van der Waals surface area contributed by atoms with Crippen molar-refractivity contribution in [1.29, 1.82) is 0 Å². The first kappa shape index (κ1) is 34.5. The van der Waals surface area contributed by atoms with Gasteiger partial charge < -0.3 is 68.8 Å². The van der Waals surface area contributed by atoms with Gasteiger partial charge in [0.1, 0.15) is 12.2 Å². The van der Waals surface area contributed by atoms with Gasteiger partial charge in [0.15, 0.2) is 17.9 Å². The largest absolute Gasteiger partial charge is 0.483 e. The van der Waals surface area contributed by atoms with E-state index in [1.165, 1.54) is 19.1 Å². The summed E-state index contributed by atoms with van der Waals surface area (Å²) in [6.07, 6.45) is -0.609. The molecule has 0 saturated carbocycles. The van der Waals surface area contributed by atoms with E-state index in [9.17, 15) is 34.8 Å². The molecule has 6 atom stereocenters. The highest BCUT2D eigenvalue weighted by atomic mass is 16.5. The SMILES string of the molecule is CC(=O)N[C@@H]1CC=C(C(=O)O)O[C@H]1[C@H](O)CCNC(N)=N[B]N=C(N)NC[C@@H](O)CC1C[C@@H](N=C(N)N)C=C(C(=O)O)O1. The van der Waals surface area contributed by atoms with Crippen LogP contribution in [0.3, 0.4) is 0 Å². The normalized spacial score (nSPS) is 23.6. The number of carbonyl (C=O) groups excluding carboxylic acids is 1. The lowest BCUT2D eigenvalue weighted by molar-refractivity contribution is -0.141. The molecule has 0 aliphatic carbocycles. The molecule has 15 N–H and O–H groups in total. The minimum atomic E-state index is -1.29. The number of ether oxygens (including phenoxy) is 2. The number of aliphatic hydroxyl groups excluding tert-OH is 2. The number of aliphatic imine (C=N–C) groups is 1. The average Bonchev–Trinajstić information content (AvgIpc) is 2.91. The first-order valence-corrected chi connectivity index (χ1v) is 13.1. The van der Waals surface area contributed by atoms with Crippen LogP contribution in [-0.2, 0) is 23.9 Å². The summed E-state index contributed by atoms with van der Waals surface area (Å²) in [5.41, 5.74) is 22.3. The van der Waals surface area contributed by atoms with Crippen LogP contribution in [0.1, 0.15) is 32.6 Å². The quantitative estimate of drug-likeness (QED) is 0.0502. The summed E-state index contributed by atoms with van der Waals surface area (Å²) < 4.78 is 10.8.